The lowest BCUT2D eigenvalue weighted by molar-refractivity contribution is -0.145. The van der Waals surface area contributed by atoms with E-state index in [1.54, 1.807) is 0 Å². The van der Waals surface area contributed by atoms with Gasteiger partial charge in [-0.15, -0.1) is 0 Å². The van der Waals surface area contributed by atoms with Gasteiger partial charge in [0.25, 0.3) is 5.92 Å². The molecule has 3 nitrogen and oxygen atoms in total. The van der Waals surface area contributed by atoms with Gasteiger partial charge in [-0.2, -0.15) is 0 Å². The summed E-state index contributed by atoms with van der Waals surface area (Å²) in [4.78, 5) is 10.8. The van der Waals surface area contributed by atoms with Crippen molar-refractivity contribution in [2.24, 2.45) is 11.7 Å². The predicted octanol–water partition coefficient (Wildman–Crippen LogP) is 1.31. The predicted molar refractivity (Wildman–Crippen MR) is 46.9 cm³/mol. The van der Waals surface area contributed by atoms with E-state index in [4.69, 9.17) is 5.73 Å². The van der Waals surface area contributed by atoms with Gasteiger partial charge in [0.15, 0.2) is 0 Å². The van der Waals surface area contributed by atoms with E-state index in [1.807, 2.05) is 0 Å². The molecule has 1 fully saturated rings. The van der Waals surface area contributed by atoms with Crippen LogP contribution in [0.5, 0.6) is 0 Å². The first-order chi connectivity index (χ1) is 6.44. The number of halogens is 2. The quantitative estimate of drug-likeness (QED) is 0.691. The van der Waals surface area contributed by atoms with Crippen molar-refractivity contribution < 1.29 is 18.3 Å². The average molecular weight is 207 g/mol. The summed E-state index contributed by atoms with van der Waals surface area (Å²) in [6, 6.07) is -1.21. The Labute approximate surface area is 81.6 Å². The van der Waals surface area contributed by atoms with Gasteiger partial charge in [0.1, 0.15) is 6.04 Å². The minimum absolute atomic E-state index is 0.120. The van der Waals surface area contributed by atoms with Gasteiger partial charge in [0, 0.05) is 12.8 Å². The standard InChI is InChI=1S/C9H15F2NO2/c1-14-8(13)7(12)5-9(10,11)4-6-2-3-6/h6-7H,2-5,12H2,1H3/t7-/m0/s1. The fraction of sp³-hybridized carbons (Fsp3) is 0.889. The van der Waals surface area contributed by atoms with Crippen LogP contribution in [0.25, 0.3) is 0 Å². The maximum Gasteiger partial charge on any atom is 0.322 e. The molecule has 0 spiro atoms. The van der Waals surface area contributed by atoms with Crippen LogP contribution in [-0.2, 0) is 9.53 Å². The minimum Gasteiger partial charge on any atom is -0.468 e. The third-order valence-electron chi connectivity index (χ3n) is 2.31. The first kappa shape index (κ1) is 11.4. The number of esters is 1. The summed E-state index contributed by atoms with van der Waals surface area (Å²) in [6.45, 7) is 0. The van der Waals surface area contributed by atoms with Gasteiger partial charge in [-0.25, -0.2) is 8.78 Å². The molecule has 0 aliphatic heterocycles. The van der Waals surface area contributed by atoms with Crippen molar-refractivity contribution >= 4 is 5.97 Å². The summed E-state index contributed by atoms with van der Waals surface area (Å²) in [5.74, 6) is -3.50. The number of carbonyl (C=O) groups is 1. The lowest BCUT2D eigenvalue weighted by Gasteiger charge is -2.18. The van der Waals surface area contributed by atoms with Gasteiger partial charge in [0.05, 0.1) is 7.11 Å². The molecule has 1 aliphatic rings. The van der Waals surface area contributed by atoms with E-state index < -0.39 is 24.4 Å². The molecular weight excluding hydrogens is 192 g/mol. The van der Waals surface area contributed by atoms with Crippen LogP contribution in [0, 0.1) is 5.92 Å². The Hall–Kier alpha value is -0.710. The second kappa shape index (κ2) is 4.21. The molecule has 0 heterocycles. The van der Waals surface area contributed by atoms with Crippen LogP contribution in [0.3, 0.4) is 0 Å². The Balaban J connectivity index is 2.35. The van der Waals surface area contributed by atoms with Crippen molar-refractivity contribution in [3.8, 4) is 0 Å². The second-order valence-electron chi connectivity index (χ2n) is 3.84. The molecule has 0 aromatic rings. The van der Waals surface area contributed by atoms with E-state index in [1.165, 1.54) is 0 Å². The molecule has 0 bridgehead atoms. The highest BCUT2D eigenvalue weighted by Crippen LogP contribution is 2.40. The Morgan fingerprint density at radius 3 is 2.64 bits per heavy atom. The van der Waals surface area contributed by atoms with E-state index in [9.17, 15) is 13.6 Å². The lowest BCUT2D eigenvalue weighted by atomic mass is 10.0. The fourth-order valence-corrected chi connectivity index (χ4v) is 1.38. The van der Waals surface area contributed by atoms with Crippen LogP contribution >= 0.6 is 0 Å². The highest BCUT2D eigenvalue weighted by atomic mass is 19.3. The molecular formula is C9H15F2NO2. The molecule has 1 atom stereocenters. The number of nitrogens with two attached hydrogens (primary N) is 1. The molecule has 0 aromatic carbocycles. The van der Waals surface area contributed by atoms with Gasteiger partial charge in [-0.3, -0.25) is 4.79 Å². The van der Waals surface area contributed by atoms with Gasteiger partial charge < -0.3 is 10.5 Å². The van der Waals surface area contributed by atoms with Crippen LogP contribution in [0.2, 0.25) is 0 Å². The van der Waals surface area contributed by atoms with E-state index in [-0.39, 0.29) is 12.3 Å². The van der Waals surface area contributed by atoms with Crippen molar-refractivity contribution in [3.05, 3.63) is 0 Å². The van der Waals surface area contributed by atoms with E-state index in [0.717, 1.165) is 20.0 Å². The molecule has 5 heteroatoms. The first-order valence-corrected chi connectivity index (χ1v) is 4.66. The third kappa shape index (κ3) is 3.57. The summed E-state index contributed by atoms with van der Waals surface area (Å²) in [7, 11) is 1.14. The highest BCUT2D eigenvalue weighted by molar-refractivity contribution is 5.75. The molecule has 1 rings (SSSR count). The van der Waals surface area contributed by atoms with Crippen molar-refractivity contribution in [1.82, 2.24) is 0 Å². The molecule has 0 unspecified atom stereocenters. The number of ether oxygens (including phenoxy) is 1. The smallest absolute Gasteiger partial charge is 0.322 e. The SMILES string of the molecule is COC(=O)[C@@H](N)CC(F)(F)CC1CC1. The minimum atomic E-state index is -2.84. The zero-order valence-corrected chi connectivity index (χ0v) is 8.13. The van der Waals surface area contributed by atoms with E-state index in [2.05, 4.69) is 4.74 Å². The van der Waals surface area contributed by atoms with Gasteiger partial charge in [0.2, 0.25) is 0 Å². The Kier molecular flexibility index (Phi) is 3.42. The van der Waals surface area contributed by atoms with Crippen molar-refractivity contribution in [2.75, 3.05) is 7.11 Å². The number of rotatable bonds is 5. The summed E-state index contributed by atoms with van der Waals surface area (Å²) in [6.07, 6.45) is 0.958. The maximum atomic E-state index is 13.2. The fourth-order valence-electron chi connectivity index (χ4n) is 1.38. The number of carbonyl (C=O) groups excluding carboxylic acids is 1. The normalized spacial score (nSPS) is 19.1. The molecule has 82 valence electrons. The number of alkyl halides is 2. The highest BCUT2D eigenvalue weighted by Gasteiger charge is 2.39. The molecule has 0 aromatic heterocycles. The Morgan fingerprint density at radius 1 is 1.64 bits per heavy atom. The zero-order valence-electron chi connectivity index (χ0n) is 8.13. The lowest BCUT2D eigenvalue weighted by Crippen LogP contribution is -2.37. The number of hydrogen-bond donors (Lipinski definition) is 1. The van der Waals surface area contributed by atoms with Crippen LogP contribution in [0.15, 0.2) is 0 Å². The summed E-state index contributed by atoms with van der Waals surface area (Å²) in [5, 5.41) is 0. The molecule has 0 amide bonds. The summed E-state index contributed by atoms with van der Waals surface area (Å²) in [5.41, 5.74) is 5.26. The van der Waals surface area contributed by atoms with E-state index >= 15 is 0 Å². The molecule has 0 radical (unpaired) electrons. The zero-order chi connectivity index (χ0) is 10.8. The topological polar surface area (TPSA) is 52.3 Å². The van der Waals surface area contributed by atoms with Crippen molar-refractivity contribution in [1.29, 1.82) is 0 Å². The average Bonchev–Trinajstić information content (AvgIpc) is 2.84. The largest absolute Gasteiger partial charge is 0.468 e. The Morgan fingerprint density at radius 2 is 2.21 bits per heavy atom. The number of hydrogen-bond acceptors (Lipinski definition) is 3. The van der Waals surface area contributed by atoms with Crippen molar-refractivity contribution in [3.63, 3.8) is 0 Å². The third-order valence-corrected chi connectivity index (χ3v) is 2.31. The number of methoxy groups -OCH3 is 1. The van der Waals surface area contributed by atoms with Gasteiger partial charge in [-0.1, -0.05) is 0 Å². The second-order valence-corrected chi connectivity index (χ2v) is 3.84. The van der Waals surface area contributed by atoms with Gasteiger partial charge >= 0.3 is 5.97 Å². The Bertz CT molecular complexity index is 217. The van der Waals surface area contributed by atoms with Crippen LogP contribution in [-0.4, -0.2) is 25.0 Å². The van der Waals surface area contributed by atoms with E-state index in [0.29, 0.717) is 0 Å². The van der Waals surface area contributed by atoms with Crippen molar-refractivity contribution in [2.45, 2.75) is 37.6 Å². The monoisotopic (exact) mass is 207 g/mol. The van der Waals surface area contributed by atoms with Crippen LogP contribution < -0.4 is 5.73 Å². The van der Waals surface area contributed by atoms with Gasteiger partial charge in [-0.05, 0) is 18.8 Å². The summed E-state index contributed by atoms with van der Waals surface area (Å²) >= 11 is 0. The molecule has 1 saturated carbocycles. The molecule has 2 N–H and O–H groups in total. The van der Waals surface area contributed by atoms with Crippen LogP contribution in [0.4, 0.5) is 8.78 Å². The molecule has 0 saturated heterocycles. The molecule has 14 heavy (non-hydrogen) atoms. The first-order valence-electron chi connectivity index (χ1n) is 4.66. The summed E-state index contributed by atoms with van der Waals surface area (Å²) < 4.78 is 30.6. The maximum absolute atomic E-state index is 13.2. The molecule has 1 aliphatic carbocycles. The van der Waals surface area contributed by atoms with Crippen LogP contribution in [0.1, 0.15) is 25.7 Å².